The number of halogens is 2. The van der Waals surface area contributed by atoms with Crippen molar-refractivity contribution in [1.82, 2.24) is 9.97 Å². The fourth-order valence-electron chi connectivity index (χ4n) is 3.77. The number of carbonyl (C=O) groups excluding carboxylic acids is 1. The maximum absolute atomic E-state index is 12.9. The van der Waals surface area contributed by atoms with Gasteiger partial charge in [0.2, 0.25) is 0 Å². The van der Waals surface area contributed by atoms with Gasteiger partial charge in [-0.25, -0.2) is 13.8 Å². The second kappa shape index (κ2) is 10.4. The maximum Gasteiger partial charge on any atom is 0.280 e. The zero-order valence-electron chi connectivity index (χ0n) is 18.5. The predicted octanol–water partition coefficient (Wildman–Crippen LogP) is 5.10. The van der Waals surface area contributed by atoms with Crippen molar-refractivity contribution >= 4 is 17.4 Å². The molecule has 0 spiro atoms. The van der Waals surface area contributed by atoms with E-state index in [2.05, 4.69) is 26.7 Å². The second-order valence-electron chi connectivity index (χ2n) is 8.02. The van der Waals surface area contributed by atoms with E-state index in [0.717, 1.165) is 35.6 Å². The summed E-state index contributed by atoms with van der Waals surface area (Å²) < 4.78 is 31.2. The van der Waals surface area contributed by atoms with Crippen LogP contribution in [0.3, 0.4) is 0 Å². The van der Waals surface area contributed by atoms with Crippen molar-refractivity contribution in [3.8, 4) is 17.2 Å². The highest BCUT2D eigenvalue weighted by Gasteiger charge is 2.17. The molecule has 0 radical (unpaired) electrons. The molecule has 2 aromatic heterocycles. The van der Waals surface area contributed by atoms with Crippen molar-refractivity contribution in [2.75, 3.05) is 23.8 Å². The molecule has 0 unspecified atom stereocenters. The molecule has 1 aliphatic heterocycles. The van der Waals surface area contributed by atoms with Crippen LogP contribution >= 0.6 is 0 Å². The van der Waals surface area contributed by atoms with Gasteiger partial charge in [0.05, 0.1) is 5.56 Å². The highest BCUT2D eigenvalue weighted by molar-refractivity contribution is 6.04. The number of amides is 1. The Morgan fingerprint density at radius 1 is 1.18 bits per heavy atom. The normalized spacial score (nSPS) is 14.0. The van der Waals surface area contributed by atoms with Crippen molar-refractivity contribution in [3.05, 3.63) is 71.2 Å². The molecule has 1 fully saturated rings. The van der Waals surface area contributed by atoms with Crippen LogP contribution in [0.15, 0.2) is 48.8 Å². The molecule has 2 N–H and O–H groups in total. The van der Waals surface area contributed by atoms with Crippen LogP contribution < -0.4 is 10.6 Å². The minimum absolute atomic E-state index is 0.0874. The van der Waals surface area contributed by atoms with Gasteiger partial charge in [-0.1, -0.05) is 6.07 Å². The van der Waals surface area contributed by atoms with E-state index in [4.69, 9.17) is 4.74 Å². The molecule has 1 saturated heterocycles. The average molecular weight is 463 g/mol. The third kappa shape index (κ3) is 5.35. The molecule has 7 nitrogen and oxygen atoms in total. The van der Waals surface area contributed by atoms with Gasteiger partial charge in [0.25, 0.3) is 12.3 Å². The quantitative estimate of drug-likeness (QED) is 0.527. The van der Waals surface area contributed by atoms with Gasteiger partial charge in [0.1, 0.15) is 17.6 Å². The zero-order valence-corrected chi connectivity index (χ0v) is 18.5. The summed E-state index contributed by atoms with van der Waals surface area (Å²) in [6.07, 6.45) is 1.82. The van der Waals surface area contributed by atoms with Crippen molar-refractivity contribution in [2.45, 2.75) is 32.2 Å². The monoisotopic (exact) mass is 463 g/mol. The highest BCUT2D eigenvalue weighted by Crippen LogP contribution is 2.29. The Hall–Kier alpha value is -3.90. The van der Waals surface area contributed by atoms with Gasteiger partial charge < -0.3 is 15.4 Å². The number of hydrogen-bond acceptors (Lipinski definition) is 6. The third-order valence-electron chi connectivity index (χ3n) is 5.64. The molecule has 1 aliphatic rings. The Morgan fingerprint density at radius 3 is 2.71 bits per heavy atom. The zero-order chi connectivity index (χ0) is 24.1. The largest absolute Gasteiger partial charge is 0.381 e. The van der Waals surface area contributed by atoms with Crippen molar-refractivity contribution in [3.63, 3.8) is 0 Å². The van der Waals surface area contributed by atoms with Gasteiger partial charge in [-0.2, -0.15) is 5.26 Å². The van der Waals surface area contributed by atoms with Crippen molar-refractivity contribution < 1.29 is 18.3 Å². The molecule has 3 aromatic rings. The van der Waals surface area contributed by atoms with Crippen LogP contribution in [0.4, 0.5) is 20.3 Å². The Kier molecular flexibility index (Phi) is 7.09. The summed E-state index contributed by atoms with van der Waals surface area (Å²) in [6.45, 7) is 3.27. The summed E-state index contributed by atoms with van der Waals surface area (Å²) in [6, 6.07) is 12.0. The first-order chi connectivity index (χ1) is 16.4. The lowest BCUT2D eigenvalue weighted by atomic mass is 9.99. The second-order valence-corrected chi connectivity index (χ2v) is 8.02. The third-order valence-corrected chi connectivity index (χ3v) is 5.64. The lowest BCUT2D eigenvalue weighted by molar-refractivity contribution is 0.0903. The topological polar surface area (TPSA) is 99.9 Å². The molecule has 1 amide bonds. The maximum atomic E-state index is 12.9. The number of hydrogen-bond donors (Lipinski definition) is 2. The number of nitrogens with one attached hydrogen (secondary N) is 2. The van der Waals surface area contributed by atoms with E-state index in [1.807, 2.05) is 13.0 Å². The lowest BCUT2D eigenvalue weighted by Gasteiger charge is -2.24. The summed E-state index contributed by atoms with van der Waals surface area (Å²) in [5.41, 5.74) is 3.00. The molecule has 0 aliphatic carbocycles. The van der Waals surface area contributed by atoms with Gasteiger partial charge >= 0.3 is 0 Å². The summed E-state index contributed by atoms with van der Waals surface area (Å²) >= 11 is 0. The Balaban J connectivity index is 1.56. The summed E-state index contributed by atoms with van der Waals surface area (Å²) in [5.74, 6) is 0.0127. The van der Waals surface area contributed by atoms with E-state index in [0.29, 0.717) is 30.3 Å². The lowest BCUT2D eigenvalue weighted by Crippen LogP contribution is -2.28. The molecular weight excluding hydrogens is 440 g/mol. The molecule has 0 saturated carbocycles. The first kappa shape index (κ1) is 23.3. The molecule has 0 atom stereocenters. The number of nitrogens with zero attached hydrogens (tertiary/aromatic N) is 3. The van der Waals surface area contributed by atoms with Gasteiger partial charge in [-0.15, -0.1) is 0 Å². The smallest absolute Gasteiger partial charge is 0.280 e. The van der Waals surface area contributed by atoms with Crippen LogP contribution in [0.5, 0.6) is 0 Å². The summed E-state index contributed by atoms with van der Waals surface area (Å²) in [4.78, 5) is 20.7. The van der Waals surface area contributed by atoms with Crippen LogP contribution in [0.25, 0.3) is 11.1 Å². The minimum Gasteiger partial charge on any atom is -0.381 e. The summed E-state index contributed by atoms with van der Waals surface area (Å²) in [7, 11) is 0. The van der Waals surface area contributed by atoms with Crippen LogP contribution in [-0.2, 0) is 4.74 Å². The predicted molar refractivity (Wildman–Crippen MR) is 124 cm³/mol. The number of carbonyl (C=O) groups is 1. The first-order valence-corrected chi connectivity index (χ1v) is 10.9. The highest BCUT2D eigenvalue weighted by atomic mass is 19.3. The minimum atomic E-state index is -2.76. The van der Waals surface area contributed by atoms with E-state index < -0.39 is 18.0 Å². The van der Waals surface area contributed by atoms with Crippen LogP contribution in [-0.4, -0.2) is 35.1 Å². The summed E-state index contributed by atoms with van der Waals surface area (Å²) in [5, 5.41) is 15.7. The van der Waals surface area contributed by atoms with Gasteiger partial charge in [0.15, 0.2) is 0 Å². The van der Waals surface area contributed by atoms with Crippen molar-refractivity contribution in [2.24, 2.45) is 0 Å². The number of benzene rings is 1. The van der Waals surface area contributed by atoms with E-state index in [1.54, 1.807) is 24.4 Å². The number of alkyl halides is 2. The van der Waals surface area contributed by atoms with Crippen molar-refractivity contribution in [1.29, 1.82) is 5.26 Å². The van der Waals surface area contributed by atoms with Gasteiger partial charge in [-0.05, 0) is 61.2 Å². The standard InChI is InChI=1S/C25H23F2N5O2/c1-15-2-3-20(32-25(33)16-4-7-29-22(11-16)23(26)27)12-21(15)18-10-17(13-28)24(30-14-18)31-19-5-8-34-9-6-19/h2-4,7,10-12,14,19,23H,5-6,8-9H2,1H3,(H,30,31)(H,32,33). The van der Waals surface area contributed by atoms with Gasteiger partial charge in [-0.3, -0.25) is 9.78 Å². The molecule has 34 heavy (non-hydrogen) atoms. The van der Waals surface area contributed by atoms with E-state index in [9.17, 15) is 18.8 Å². The van der Waals surface area contributed by atoms with Crippen LogP contribution in [0, 0.1) is 18.3 Å². The molecule has 0 bridgehead atoms. The molecule has 1 aromatic carbocycles. The number of rotatable bonds is 6. The van der Waals surface area contributed by atoms with E-state index in [-0.39, 0.29) is 11.6 Å². The fraction of sp³-hybridized carbons (Fsp3) is 0.280. The first-order valence-electron chi connectivity index (χ1n) is 10.9. The molecule has 3 heterocycles. The fourth-order valence-corrected chi connectivity index (χ4v) is 3.77. The Bertz CT molecular complexity index is 1240. The molecular formula is C25H23F2N5O2. The number of pyridine rings is 2. The number of aromatic nitrogens is 2. The van der Waals surface area contributed by atoms with Gasteiger partial charge in [0, 0.05) is 48.5 Å². The van der Waals surface area contributed by atoms with Crippen LogP contribution in [0.2, 0.25) is 0 Å². The molecule has 4 rings (SSSR count). The average Bonchev–Trinajstić information content (AvgIpc) is 2.86. The Labute approximate surface area is 195 Å². The van der Waals surface area contributed by atoms with E-state index >= 15 is 0 Å². The molecule has 174 valence electrons. The van der Waals surface area contributed by atoms with E-state index in [1.165, 1.54) is 12.3 Å². The number of nitriles is 1. The Morgan fingerprint density at radius 2 is 1.97 bits per heavy atom. The SMILES string of the molecule is Cc1ccc(NC(=O)c2ccnc(C(F)F)c2)cc1-c1cnc(NC2CCOCC2)c(C#N)c1. The van der Waals surface area contributed by atoms with Crippen LogP contribution in [0.1, 0.15) is 46.4 Å². The number of anilines is 2. The molecule has 9 heteroatoms. The number of aryl methyl sites for hydroxylation is 1. The number of ether oxygens (including phenoxy) is 1.